The molecule has 0 bridgehead atoms. The zero-order valence-corrected chi connectivity index (χ0v) is 19.8. The van der Waals surface area contributed by atoms with Crippen molar-refractivity contribution in [2.75, 3.05) is 0 Å². The molecule has 29 heavy (non-hydrogen) atoms. The Hall–Kier alpha value is -0.610. The summed E-state index contributed by atoms with van der Waals surface area (Å²) in [6.45, 7) is 5.95. The van der Waals surface area contributed by atoms with Crippen LogP contribution in [0.15, 0.2) is 0 Å². The normalized spacial score (nSPS) is 12.9. The lowest BCUT2D eigenvalue weighted by molar-refractivity contribution is -0.137. The molecule has 0 saturated heterocycles. The number of rotatable bonds is 20. The second kappa shape index (κ2) is 25.4. The fourth-order valence-electron chi connectivity index (χ4n) is 3.30. The number of carboxylic acid groups (broad SMARTS) is 1. The quantitative estimate of drug-likeness (QED) is 0.183. The molecule has 0 heterocycles. The molecule has 4 heteroatoms. The van der Waals surface area contributed by atoms with Gasteiger partial charge in [0, 0.05) is 6.42 Å². The minimum Gasteiger partial charge on any atom is -0.481 e. The number of carboxylic acids is 1. The molecule has 0 aliphatic rings. The van der Waals surface area contributed by atoms with E-state index >= 15 is 0 Å². The van der Waals surface area contributed by atoms with Crippen LogP contribution in [0.2, 0.25) is 0 Å². The van der Waals surface area contributed by atoms with E-state index in [0.29, 0.717) is 12.8 Å². The molecule has 3 N–H and O–H groups in total. The van der Waals surface area contributed by atoms with Crippen LogP contribution in [0.1, 0.15) is 143 Å². The molecule has 0 amide bonds. The molecule has 0 aromatic heterocycles. The topological polar surface area (TPSA) is 77.8 Å². The van der Waals surface area contributed by atoms with Gasteiger partial charge in [0.2, 0.25) is 0 Å². The van der Waals surface area contributed by atoms with Crippen LogP contribution in [0, 0.1) is 0 Å². The summed E-state index contributed by atoms with van der Waals surface area (Å²) in [6.07, 6.45) is 21.9. The number of carbonyl (C=O) groups is 1. The van der Waals surface area contributed by atoms with Crippen molar-refractivity contribution in [1.29, 1.82) is 0 Å². The van der Waals surface area contributed by atoms with Gasteiger partial charge in [-0.1, -0.05) is 117 Å². The van der Waals surface area contributed by atoms with Gasteiger partial charge in [0.15, 0.2) is 0 Å². The van der Waals surface area contributed by atoms with Gasteiger partial charge in [0.25, 0.3) is 0 Å². The first-order valence-corrected chi connectivity index (χ1v) is 12.5. The highest BCUT2D eigenvalue weighted by molar-refractivity contribution is 5.66. The summed E-state index contributed by atoms with van der Waals surface area (Å²) < 4.78 is 0. The number of hydrogen-bond acceptors (Lipinski definition) is 3. The lowest BCUT2D eigenvalue weighted by atomic mass is 10.0. The van der Waals surface area contributed by atoms with Gasteiger partial charge in [-0.25, -0.2) is 0 Å². The highest BCUT2D eigenvalue weighted by Gasteiger charge is 2.08. The van der Waals surface area contributed by atoms with Gasteiger partial charge in [-0.2, -0.15) is 0 Å². The second-order valence-electron chi connectivity index (χ2n) is 8.54. The fraction of sp³-hybridized carbons (Fsp3) is 0.960. The minimum absolute atomic E-state index is 0.345. The van der Waals surface area contributed by atoms with Crippen molar-refractivity contribution < 1.29 is 20.1 Å². The van der Waals surface area contributed by atoms with Gasteiger partial charge in [0.05, 0.1) is 12.2 Å². The Kier molecular flexibility index (Phi) is 26.8. The molecular formula is C25H52O4. The molecule has 0 spiro atoms. The number of unbranched alkanes of at least 4 members (excludes halogenated alkanes) is 15. The van der Waals surface area contributed by atoms with Crippen LogP contribution >= 0.6 is 0 Å². The maximum Gasteiger partial charge on any atom is 0.303 e. The third-order valence-electron chi connectivity index (χ3n) is 5.40. The molecule has 0 rings (SSSR count). The Morgan fingerprint density at radius 3 is 1.28 bits per heavy atom. The SMILES string of the molecule is CCCCC(O)C(C)O.CCCCCCCCCCCCCCCCCC(=O)O. The van der Waals surface area contributed by atoms with E-state index in [2.05, 4.69) is 13.8 Å². The smallest absolute Gasteiger partial charge is 0.303 e. The van der Waals surface area contributed by atoms with Crippen LogP contribution in [-0.2, 0) is 4.79 Å². The van der Waals surface area contributed by atoms with E-state index in [1.54, 1.807) is 6.92 Å². The molecular weight excluding hydrogens is 364 g/mol. The molecule has 0 saturated carbocycles. The van der Waals surface area contributed by atoms with E-state index in [4.69, 9.17) is 15.3 Å². The summed E-state index contributed by atoms with van der Waals surface area (Å²) in [7, 11) is 0. The third-order valence-corrected chi connectivity index (χ3v) is 5.40. The lowest BCUT2D eigenvalue weighted by Crippen LogP contribution is -2.21. The van der Waals surface area contributed by atoms with Crippen molar-refractivity contribution in [3.63, 3.8) is 0 Å². The van der Waals surface area contributed by atoms with Crippen molar-refractivity contribution >= 4 is 5.97 Å². The summed E-state index contributed by atoms with van der Waals surface area (Å²) in [6, 6.07) is 0. The molecule has 2 atom stereocenters. The highest BCUT2D eigenvalue weighted by Crippen LogP contribution is 2.13. The first kappa shape index (κ1) is 30.6. The van der Waals surface area contributed by atoms with E-state index < -0.39 is 18.2 Å². The van der Waals surface area contributed by atoms with Gasteiger partial charge in [0.1, 0.15) is 0 Å². The maximum absolute atomic E-state index is 10.3. The molecule has 4 nitrogen and oxygen atoms in total. The number of aliphatic hydroxyl groups excluding tert-OH is 2. The summed E-state index contributed by atoms with van der Waals surface area (Å²) in [5.74, 6) is -0.653. The van der Waals surface area contributed by atoms with E-state index in [0.717, 1.165) is 25.7 Å². The maximum atomic E-state index is 10.3. The first-order chi connectivity index (χ1) is 14.0. The first-order valence-electron chi connectivity index (χ1n) is 12.5. The predicted octanol–water partition coefficient (Wildman–Crippen LogP) is 7.25. The Morgan fingerprint density at radius 2 is 0.966 bits per heavy atom. The number of hydrogen-bond donors (Lipinski definition) is 3. The van der Waals surface area contributed by atoms with E-state index in [9.17, 15) is 4.79 Å². The van der Waals surface area contributed by atoms with E-state index in [1.807, 2.05) is 0 Å². The van der Waals surface area contributed by atoms with Crippen molar-refractivity contribution in [2.45, 2.75) is 155 Å². The van der Waals surface area contributed by atoms with Crippen molar-refractivity contribution in [1.82, 2.24) is 0 Å². The summed E-state index contributed by atoms with van der Waals surface area (Å²) in [5.41, 5.74) is 0. The van der Waals surface area contributed by atoms with Crippen molar-refractivity contribution in [2.24, 2.45) is 0 Å². The van der Waals surface area contributed by atoms with Gasteiger partial charge in [-0.15, -0.1) is 0 Å². The van der Waals surface area contributed by atoms with Crippen LogP contribution in [0.3, 0.4) is 0 Å². The third kappa shape index (κ3) is 29.7. The number of aliphatic carboxylic acids is 1. The zero-order chi connectivity index (χ0) is 22.2. The zero-order valence-electron chi connectivity index (χ0n) is 19.8. The van der Waals surface area contributed by atoms with Crippen LogP contribution < -0.4 is 0 Å². The van der Waals surface area contributed by atoms with Crippen molar-refractivity contribution in [3.05, 3.63) is 0 Å². The fourth-order valence-corrected chi connectivity index (χ4v) is 3.30. The molecule has 0 aromatic rings. The summed E-state index contributed by atoms with van der Waals surface area (Å²) in [4.78, 5) is 10.3. The average molecular weight is 417 g/mol. The summed E-state index contributed by atoms with van der Waals surface area (Å²) in [5, 5.41) is 26.3. The second-order valence-corrected chi connectivity index (χ2v) is 8.54. The van der Waals surface area contributed by atoms with Gasteiger partial charge >= 0.3 is 5.97 Å². The molecule has 0 aliphatic heterocycles. The largest absolute Gasteiger partial charge is 0.481 e. The summed E-state index contributed by atoms with van der Waals surface area (Å²) >= 11 is 0. The van der Waals surface area contributed by atoms with E-state index in [1.165, 1.54) is 83.5 Å². The molecule has 0 radical (unpaired) electrons. The van der Waals surface area contributed by atoms with Gasteiger partial charge < -0.3 is 15.3 Å². The van der Waals surface area contributed by atoms with Crippen LogP contribution in [0.4, 0.5) is 0 Å². The van der Waals surface area contributed by atoms with Crippen LogP contribution in [-0.4, -0.2) is 33.5 Å². The Balaban J connectivity index is 0. The standard InChI is InChI=1S/C18H36O2.C7H16O2/c1-2-3-4-5-6-7-8-9-10-11-12-13-14-15-16-17-18(19)20;1-3-4-5-7(9)6(2)8/h2-17H2,1H3,(H,19,20);6-9H,3-5H2,1-2H3. The monoisotopic (exact) mass is 416 g/mol. The van der Waals surface area contributed by atoms with E-state index in [-0.39, 0.29) is 0 Å². The molecule has 0 aromatic carbocycles. The van der Waals surface area contributed by atoms with Crippen LogP contribution in [0.5, 0.6) is 0 Å². The Morgan fingerprint density at radius 1 is 0.621 bits per heavy atom. The van der Waals surface area contributed by atoms with Crippen molar-refractivity contribution in [3.8, 4) is 0 Å². The Labute approximate surface area is 181 Å². The lowest BCUT2D eigenvalue weighted by Gasteiger charge is -2.11. The highest BCUT2D eigenvalue weighted by atomic mass is 16.4. The van der Waals surface area contributed by atoms with Gasteiger partial charge in [-0.05, 0) is 19.8 Å². The molecule has 176 valence electrons. The minimum atomic E-state index is -0.653. The van der Waals surface area contributed by atoms with Crippen LogP contribution in [0.25, 0.3) is 0 Å². The molecule has 0 fully saturated rings. The Bertz CT molecular complexity index is 318. The molecule has 2 unspecified atom stereocenters. The number of aliphatic hydroxyl groups is 2. The average Bonchev–Trinajstić information content (AvgIpc) is 2.69. The van der Waals surface area contributed by atoms with Gasteiger partial charge in [-0.3, -0.25) is 4.79 Å². The molecule has 0 aliphatic carbocycles. The predicted molar refractivity (Wildman–Crippen MR) is 124 cm³/mol.